The normalized spacial score (nSPS) is 21.6. The molecule has 1 saturated heterocycles. The Bertz CT molecular complexity index is 646. The Hall–Kier alpha value is -1.21. The van der Waals surface area contributed by atoms with Crippen molar-refractivity contribution >= 4 is 15.9 Å². The molecule has 0 unspecified atom stereocenters. The van der Waals surface area contributed by atoms with Gasteiger partial charge < -0.3 is 10.5 Å². The molecule has 108 valence electrons. The van der Waals surface area contributed by atoms with Crippen molar-refractivity contribution in [2.24, 2.45) is 5.73 Å². The number of sulfone groups is 1. The van der Waals surface area contributed by atoms with E-state index in [0.29, 0.717) is 36.1 Å². The average molecular weight is 294 g/mol. The summed E-state index contributed by atoms with van der Waals surface area (Å²) in [5, 5.41) is 0. The van der Waals surface area contributed by atoms with Crippen LogP contribution in [0.2, 0.25) is 0 Å². The van der Waals surface area contributed by atoms with Crippen molar-refractivity contribution in [1.29, 1.82) is 0 Å². The summed E-state index contributed by atoms with van der Waals surface area (Å²) in [4.78, 5) is 2.97. The van der Waals surface area contributed by atoms with Crippen molar-refractivity contribution in [2.45, 2.75) is 11.4 Å². The highest BCUT2D eigenvalue weighted by molar-refractivity contribution is 7.95. The van der Waals surface area contributed by atoms with Crippen LogP contribution in [-0.2, 0) is 21.1 Å². The predicted octanol–water partition coefficient (Wildman–Crippen LogP) is 0.606. The summed E-state index contributed by atoms with van der Waals surface area (Å²) in [6, 6.07) is 5.29. The molecule has 3 rings (SSSR count). The van der Waals surface area contributed by atoms with Crippen molar-refractivity contribution in [3.8, 4) is 0 Å². The zero-order valence-corrected chi connectivity index (χ0v) is 12.0. The first-order valence-electron chi connectivity index (χ1n) is 6.70. The van der Waals surface area contributed by atoms with Crippen molar-refractivity contribution in [1.82, 2.24) is 4.90 Å². The van der Waals surface area contributed by atoms with Gasteiger partial charge in [0.15, 0.2) is 0 Å². The summed E-state index contributed by atoms with van der Waals surface area (Å²) in [5.74, 6) is 0. The van der Waals surface area contributed by atoms with Crippen molar-refractivity contribution in [3.63, 3.8) is 0 Å². The number of nitrogens with two attached hydrogens (primary N) is 1. The number of hydrogen-bond donors (Lipinski definition) is 1. The number of hydrogen-bond acceptors (Lipinski definition) is 5. The number of benzene rings is 1. The van der Waals surface area contributed by atoms with Gasteiger partial charge in [-0.15, -0.1) is 0 Å². The second kappa shape index (κ2) is 5.29. The lowest BCUT2D eigenvalue weighted by Gasteiger charge is -2.26. The van der Waals surface area contributed by atoms with Gasteiger partial charge in [-0.25, -0.2) is 8.42 Å². The first kappa shape index (κ1) is 13.8. The number of rotatable bonds is 3. The van der Waals surface area contributed by atoms with Gasteiger partial charge in [-0.1, -0.05) is 12.1 Å². The third-order valence-electron chi connectivity index (χ3n) is 3.80. The fraction of sp³-hybridized carbons (Fsp3) is 0.429. The molecule has 2 heterocycles. The van der Waals surface area contributed by atoms with E-state index in [9.17, 15) is 8.42 Å². The lowest BCUT2D eigenvalue weighted by molar-refractivity contribution is 0.0430. The molecule has 2 N–H and O–H groups in total. The van der Waals surface area contributed by atoms with E-state index < -0.39 is 9.84 Å². The first-order valence-corrected chi connectivity index (χ1v) is 8.19. The van der Waals surface area contributed by atoms with Gasteiger partial charge in [0.05, 0.1) is 23.0 Å². The summed E-state index contributed by atoms with van der Waals surface area (Å²) in [5.41, 5.74) is 7.33. The third-order valence-corrected chi connectivity index (χ3v) is 5.67. The lowest BCUT2D eigenvalue weighted by Crippen LogP contribution is -2.38. The molecule has 2 aliphatic rings. The van der Waals surface area contributed by atoms with E-state index in [1.54, 1.807) is 18.2 Å². The fourth-order valence-electron chi connectivity index (χ4n) is 2.66. The number of nitrogens with zero attached hydrogens (tertiary/aromatic N) is 1. The number of morpholine rings is 1. The monoisotopic (exact) mass is 294 g/mol. The van der Waals surface area contributed by atoms with Crippen molar-refractivity contribution < 1.29 is 13.2 Å². The van der Waals surface area contributed by atoms with Crippen LogP contribution in [0.4, 0.5) is 0 Å². The van der Waals surface area contributed by atoms with Crippen LogP contribution in [0, 0.1) is 0 Å². The molecule has 1 aromatic carbocycles. The maximum atomic E-state index is 12.6. The summed E-state index contributed by atoms with van der Waals surface area (Å²) in [6.45, 7) is 3.66. The van der Waals surface area contributed by atoms with Gasteiger partial charge in [0.25, 0.3) is 0 Å². The Kier molecular flexibility index (Phi) is 3.64. The molecule has 20 heavy (non-hydrogen) atoms. The van der Waals surface area contributed by atoms with Crippen LogP contribution >= 0.6 is 0 Å². The molecular formula is C14H18N2O3S. The SMILES string of the molecule is NCc1cccc2c1C=C(CN1CCOCC1)S2(=O)=O. The Morgan fingerprint density at radius 1 is 1.25 bits per heavy atom. The molecule has 6 heteroatoms. The third kappa shape index (κ3) is 2.29. The molecule has 0 saturated carbocycles. The van der Waals surface area contributed by atoms with Crippen molar-refractivity contribution in [3.05, 3.63) is 34.2 Å². The number of ether oxygens (including phenoxy) is 1. The first-order chi connectivity index (χ1) is 9.63. The topological polar surface area (TPSA) is 72.6 Å². The van der Waals surface area contributed by atoms with Crippen LogP contribution in [-0.4, -0.2) is 46.2 Å². The van der Waals surface area contributed by atoms with E-state index >= 15 is 0 Å². The molecule has 0 spiro atoms. The second-order valence-corrected chi connectivity index (χ2v) is 7.01. The average Bonchev–Trinajstić information content (AvgIpc) is 2.72. The Morgan fingerprint density at radius 2 is 2.00 bits per heavy atom. The summed E-state index contributed by atoms with van der Waals surface area (Å²) in [6.07, 6.45) is 1.78. The summed E-state index contributed by atoms with van der Waals surface area (Å²) in [7, 11) is -3.36. The molecule has 0 atom stereocenters. The molecule has 0 aliphatic carbocycles. The van der Waals surface area contributed by atoms with Crippen LogP contribution in [0.3, 0.4) is 0 Å². The molecule has 1 aromatic rings. The molecule has 0 aromatic heterocycles. The standard InChI is InChI=1S/C14H18N2O3S/c15-9-11-2-1-3-14-13(11)8-12(20(14,17)18)10-16-4-6-19-7-5-16/h1-3,8H,4-7,9-10,15H2. The molecule has 5 nitrogen and oxygen atoms in total. The predicted molar refractivity (Wildman–Crippen MR) is 76.8 cm³/mol. The molecular weight excluding hydrogens is 276 g/mol. The minimum Gasteiger partial charge on any atom is -0.379 e. The smallest absolute Gasteiger partial charge is 0.204 e. The summed E-state index contributed by atoms with van der Waals surface area (Å²) < 4.78 is 30.4. The maximum absolute atomic E-state index is 12.6. The van der Waals surface area contributed by atoms with Crippen LogP contribution in [0.1, 0.15) is 11.1 Å². The number of fused-ring (bicyclic) bond motifs is 1. The van der Waals surface area contributed by atoms with Gasteiger partial charge in [0.2, 0.25) is 9.84 Å². The minimum atomic E-state index is -3.36. The van der Waals surface area contributed by atoms with Crippen LogP contribution in [0.5, 0.6) is 0 Å². The minimum absolute atomic E-state index is 0.347. The zero-order chi connectivity index (χ0) is 14.2. The van der Waals surface area contributed by atoms with Gasteiger partial charge in [0.1, 0.15) is 0 Å². The largest absolute Gasteiger partial charge is 0.379 e. The van der Waals surface area contributed by atoms with E-state index in [1.807, 2.05) is 6.07 Å². The second-order valence-electron chi connectivity index (χ2n) is 5.04. The highest BCUT2D eigenvalue weighted by Gasteiger charge is 2.31. The van der Waals surface area contributed by atoms with Crippen molar-refractivity contribution in [2.75, 3.05) is 32.8 Å². The Morgan fingerprint density at radius 3 is 2.70 bits per heavy atom. The van der Waals surface area contributed by atoms with Gasteiger partial charge in [-0.3, -0.25) is 4.90 Å². The molecule has 2 aliphatic heterocycles. The highest BCUT2D eigenvalue weighted by atomic mass is 32.2. The molecule has 1 fully saturated rings. The van der Waals surface area contributed by atoms with Crippen LogP contribution in [0.25, 0.3) is 6.08 Å². The van der Waals surface area contributed by atoms with Crippen LogP contribution < -0.4 is 5.73 Å². The quantitative estimate of drug-likeness (QED) is 0.884. The van der Waals surface area contributed by atoms with Gasteiger partial charge in [-0.05, 0) is 23.3 Å². The van der Waals surface area contributed by atoms with E-state index in [-0.39, 0.29) is 0 Å². The maximum Gasteiger partial charge on any atom is 0.204 e. The van der Waals surface area contributed by atoms with Crippen LogP contribution in [0.15, 0.2) is 28.0 Å². The Balaban J connectivity index is 1.93. The van der Waals surface area contributed by atoms with Gasteiger partial charge >= 0.3 is 0 Å². The summed E-state index contributed by atoms with van der Waals surface area (Å²) >= 11 is 0. The fourth-order valence-corrected chi connectivity index (χ4v) is 4.30. The van der Waals surface area contributed by atoms with Gasteiger partial charge in [0, 0.05) is 26.2 Å². The Labute approximate surface area is 118 Å². The van der Waals surface area contributed by atoms with E-state index in [4.69, 9.17) is 10.5 Å². The van der Waals surface area contributed by atoms with E-state index in [0.717, 1.165) is 24.2 Å². The lowest BCUT2D eigenvalue weighted by atomic mass is 10.1. The van der Waals surface area contributed by atoms with Gasteiger partial charge in [-0.2, -0.15) is 0 Å². The highest BCUT2D eigenvalue weighted by Crippen LogP contribution is 2.35. The zero-order valence-electron chi connectivity index (χ0n) is 11.2. The molecule has 0 radical (unpaired) electrons. The van der Waals surface area contributed by atoms with E-state index in [1.165, 1.54) is 0 Å². The molecule has 0 bridgehead atoms. The van der Waals surface area contributed by atoms with E-state index in [2.05, 4.69) is 4.90 Å². The molecule has 0 amide bonds.